The molecule has 0 amide bonds. The second-order valence-corrected chi connectivity index (χ2v) is 11.4. The zero-order valence-corrected chi connectivity index (χ0v) is 23.9. The second-order valence-electron chi connectivity index (χ2n) is 11.4. The quantitative estimate of drug-likeness (QED) is 0.159. The summed E-state index contributed by atoms with van der Waals surface area (Å²) in [7, 11) is 0. The molecule has 2 heteroatoms. The third-order valence-corrected chi connectivity index (χ3v) is 8.90. The molecule has 0 bridgehead atoms. The van der Waals surface area contributed by atoms with E-state index in [-0.39, 0.29) is 0 Å². The maximum absolute atomic E-state index is 5.38. The van der Waals surface area contributed by atoms with E-state index in [2.05, 4.69) is 145 Å². The first-order chi connectivity index (χ1) is 21.8. The van der Waals surface area contributed by atoms with Crippen molar-refractivity contribution in [3.63, 3.8) is 0 Å². The van der Waals surface area contributed by atoms with Crippen LogP contribution in [0.1, 0.15) is 0 Å². The van der Waals surface area contributed by atoms with E-state index in [1.807, 2.05) is 18.5 Å². The van der Waals surface area contributed by atoms with Crippen LogP contribution in [0.15, 0.2) is 158 Å². The Bertz CT molecular complexity index is 2480. The van der Waals surface area contributed by atoms with Crippen LogP contribution in [0, 0.1) is 0 Å². The Hall–Kier alpha value is -5.86. The molecule has 2 aromatic heterocycles. The molecule has 0 aliphatic carbocycles. The SMILES string of the molecule is c1ccc(-c2nc3cc(-c4c5ccccc5c(-c5cccnc5)c5ccccc45)ccc3c3c2ccc2ccccc23)cc1. The van der Waals surface area contributed by atoms with Crippen LogP contribution in [0.25, 0.3) is 87.5 Å². The number of hydrogen-bond acceptors (Lipinski definition) is 2. The van der Waals surface area contributed by atoms with Crippen LogP contribution >= 0.6 is 0 Å². The van der Waals surface area contributed by atoms with Gasteiger partial charge in [0.25, 0.3) is 0 Å². The van der Waals surface area contributed by atoms with Gasteiger partial charge >= 0.3 is 0 Å². The van der Waals surface area contributed by atoms with E-state index < -0.39 is 0 Å². The highest BCUT2D eigenvalue weighted by Gasteiger charge is 2.18. The van der Waals surface area contributed by atoms with Crippen molar-refractivity contribution in [2.45, 2.75) is 0 Å². The van der Waals surface area contributed by atoms with Gasteiger partial charge in [0.05, 0.1) is 11.2 Å². The average Bonchev–Trinajstić information content (AvgIpc) is 3.10. The number of rotatable bonds is 3. The summed E-state index contributed by atoms with van der Waals surface area (Å²) in [4.78, 5) is 9.84. The smallest absolute Gasteiger partial charge is 0.0788 e. The first kappa shape index (κ1) is 24.7. The predicted octanol–water partition coefficient (Wildman–Crippen LogP) is 11.2. The molecule has 0 saturated carbocycles. The van der Waals surface area contributed by atoms with Crippen LogP contribution in [-0.4, -0.2) is 9.97 Å². The zero-order valence-electron chi connectivity index (χ0n) is 23.9. The summed E-state index contributed by atoms with van der Waals surface area (Å²) in [5.41, 5.74) is 7.86. The van der Waals surface area contributed by atoms with Gasteiger partial charge in [-0.05, 0) is 61.1 Å². The molecule has 0 N–H and O–H groups in total. The number of nitrogens with zero attached hydrogens (tertiary/aromatic N) is 2. The Labute approximate surface area is 254 Å². The molecule has 204 valence electrons. The van der Waals surface area contributed by atoms with Crippen molar-refractivity contribution < 1.29 is 0 Å². The third-order valence-electron chi connectivity index (χ3n) is 8.90. The summed E-state index contributed by atoms with van der Waals surface area (Å²) in [5.74, 6) is 0. The lowest BCUT2D eigenvalue weighted by atomic mass is 9.86. The highest BCUT2D eigenvalue weighted by Crippen LogP contribution is 2.45. The Morgan fingerprint density at radius 1 is 0.386 bits per heavy atom. The first-order valence-electron chi connectivity index (χ1n) is 15.0. The van der Waals surface area contributed by atoms with Crippen molar-refractivity contribution in [3.05, 3.63) is 158 Å². The van der Waals surface area contributed by atoms with E-state index in [0.717, 1.165) is 27.9 Å². The van der Waals surface area contributed by atoms with E-state index in [9.17, 15) is 0 Å². The van der Waals surface area contributed by atoms with Crippen LogP contribution in [0.3, 0.4) is 0 Å². The van der Waals surface area contributed by atoms with Crippen molar-refractivity contribution in [1.82, 2.24) is 9.97 Å². The predicted molar refractivity (Wildman–Crippen MR) is 186 cm³/mol. The molecule has 0 radical (unpaired) electrons. The van der Waals surface area contributed by atoms with Crippen LogP contribution in [-0.2, 0) is 0 Å². The summed E-state index contributed by atoms with van der Waals surface area (Å²) in [6.07, 6.45) is 3.80. The summed E-state index contributed by atoms with van der Waals surface area (Å²) in [6.45, 7) is 0. The molecule has 9 aromatic rings. The van der Waals surface area contributed by atoms with Crippen molar-refractivity contribution in [2.24, 2.45) is 0 Å². The number of pyridine rings is 2. The lowest BCUT2D eigenvalue weighted by Crippen LogP contribution is -1.93. The summed E-state index contributed by atoms with van der Waals surface area (Å²) in [5, 5.41) is 11.0. The molecule has 0 aliphatic rings. The maximum Gasteiger partial charge on any atom is 0.0788 e. The van der Waals surface area contributed by atoms with Crippen molar-refractivity contribution in [1.29, 1.82) is 0 Å². The monoisotopic (exact) mass is 558 g/mol. The van der Waals surface area contributed by atoms with Crippen LogP contribution < -0.4 is 0 Å². The summed E-state index contributed by atoms with van der Waals surface area (Å²) in [6, 6.07) is 52.2. The fourth-order valence-electron chi connectivity index (χ4n) is 7.01. The standard InChI is InChI=1S/C42H26N2/c1-2-12-28(13-3-1)42-37-23-20-27-11-4-5-15-31(27)41(37)36-22-21-29(25-38(36)44-42)39-32-16-6-8-18-34(32)40(30-14-10-24-43-26-30)35-19-9-7-17-33(35)39/h1-26H. The Balaban J connectivity index is 1.40. The molecular formula is C42H26N2. The lowest BCUT2D eigenvalue weighted by molar-refractivity contribution is 1.33. The average molecular weight is 559 g/mol. The summed E-state index contributed by atoms with van der Waals surface area (Å²) < 4.78 is 0. The first-order valence-corrected chi connectivity index (χ1v) is 15.0. The molecule has 0 atom stereocenters. The van der Waals surface area contributed by atoms with E-state index in [4.69, 9.17) is 4.98 Å². The van der Waals surface area contributed by atoms with Crippen molar-refractivity contribution in [2.75, 3.05) is 0 Å². The molecular weight excluding hydrogens is 532 g/mol. The fourth-order valence-corrected chi connectivity index (χ4v) is 7.01. The van der Waals surface area contributed by atoms with Crippen LogP contribution in [0.2, 0.25) is 0 Å². The number of aromatic nitrogens is 2. The normalized spacial score (nSPS) is 11.6. The minimum Gasteiger partial charge on any atom is -0.264 e. The van der Waals surface area contributed by atoms with E-state index in [0.29, 0.717) is 0 Å². The Kier molecular flexibility index (Phi) is 5.54. The minimum absolute atomic E-state index is 0.995. The molecule has 0 unspecified atom stereocenters. The van der Waals surface area contributed by atoms with Crippen molar-refractivity contribution >= 4 is 54.0 Å². The number of benzene rings is 7. The van der Waals surface area contributed by atoms with Gasteiger partial charge in [0.2, 0.25) is 0 Å². The van der Waals surface area contributed by atoms with Gasteiger partial charge in [0.15, 0.2) is 0 Å². The maximum atomic E-state index is 5.38. The second kappa shape index (κ2) is 9.86. The molecule has 9 rings (SSSR count). The largest absolute Gasteiger partial charge is 0.264 e. The molecule has 0 saturated heterocycles. The van der Waals surface area contributed by atoms with E-state index in [1.165, 1.54) is 59.6 Å². The molecule has 7 aromatic carbocycles. The molecule has 0 aliphatic heterocycles. The van der Waals surface area contributed by atoms with Gasteiger partial charge in [-0.3, -0.25) is 4.98 Å². The third kappa shape index (κ3) is 3.75. The Morgan fingerprint density at radius 3 is 1.66 bits per heavy atom. The van der Waals surface area contributed by atoms with Crippen molar-refractivity contribution in [3.8, 4) is 33.5 Å². The van der Waals surface area contributed by atoms with Gasteiger partial charge in [0.1, 0.15) is 0 Å². The highest BCUT2D eigenvalue weighted by molar-refractivity contribution is 6.24. The van der Waals surface area contributed by atoms with Crippen LogP contribution in [0.5, 0.6) is 0 Å². The molecule has 2 nitrogen and oxygen atoms in total. The summed E-state index contributed by atoms with van der Waals surface area (Å²) >= 11 is 0. The molecule has 44 heavy (non-hydrogen) atoms. The van der Waals surface area contributed by atoms with Gasteiger partial charge in [-0.2, -0.15) is 0 Å². The molecule has 2 heterocycles. The van der Waals surface area contributed by atoms with E-state index >= 15 is 0 Å². The van der Waals surface area contributed by atoms with Gasteiger partial charge in [-0.15, -0.1) is 0 Å². The molecule has 0 spiro atoms. The molecule has 0 fully saturated rings. The van der Waals surface area contributed by atoms with Gasteiger partial charge in [0, 0.05) is 39.7 Å². The lowest BCUT2D eigenvalue weighted by Gasteiger charge is -2.18. The van der Waals surface area contributed by atoms with Crippen LogP contribution in [0.4, 0.5) is 0 Å². The Morgan fingerprint density at radius 2 is 0.977 bits per heavy atom. The zero-order chi connectivity index (χ0) is 29.0. The van der Waals surface area contributed by atoms with E-state index in [1.54, 1.807) is 0 Å². The van der Waals surface area contributed by atoms with Gasteiger partial charge in [-0.25, -0.2) is 4.98 Å². The number of fused-ring (bicyclic) bond motifs is 7. The fraction of sp³-hybridized carbons (Fsp3) is 0. The highest BCUT2D eigenvalue weighted by atomic mass is 14.7. The minimum atomic E-state index is 0.995. The van der Waals surface area contributed by atoms with Gasteiger partial charge in [-0.1, -0.05) is 133 Å². The van der Waals surface area contributed by atoms with Gasteiger partial charge < -0.3 is 0 Å². The topological polar surface area (TPSA) is 25.8 Å². The number of hydrogen-bond donors (Lipinski definition) is 0.